The number of rotatable bonds is 7. The van der Waals surface area contributed by atoms with E-state index in [1.165, 1.54) is 29.5 Å². The second kappa shape index (κ2) is 8.78. The van der Waals surface area contributed by atoms with Gasteiger partial charge in [0.15, 0.2) is 5.13 Å². The zero-order valence-corrected chi connectivity index (χ0v) is 16.7. The SMILES string of the molecule is CC(C)Nc1ncc(-c2cc(-c3ccc(F)cc3Cl)nc(N[C@@H](O)CO)n2)s1. The van der Waals surface area contributed by atoms with E-state index in [1.54, 1.807) is 12.3 Å². The molecule has 0 saturated carbocycles. The van der Waals surface area contributed by atoms with E-state index in [2.05, 4.69) is 25.6 Å². The second-order valence-corrected chi connectivity index (χ2v) is 7.70. The molecule has 0 spiro atoms. The van der Waals surface area contributed by atoms with Crippen molar-refractivity contribution in [3.8, 4) is 21.8 Å². The van der Waals surface area contributed by atoms with Crippen molar-refractivity contribution in [1.29, 1.82) is 0 Å². The number of hydrogen-bond donors (Lipinski definition) is 4. The molecule has 148 valence electrons. The largest absolute Gasteiger partial charge is 0.392 e. The molecular weight excluding hydrogens is 405 g/mol. The highest BCUT2D eigenvalue weighted by molar-refractivity contribution is 7.18. The number of benzene rings is 1. The highest BCUT2D eigenvalue weighted by Gasteiger charge is 2.15. The fourth-order valence-corrected chi connectivity index (χ4v) is 3.56. The van der Waals surface area contributed by atoms with E-state index in [0.29, 0.717) is 17.0 Å². The Hall–Kier alpha value is -2.33. The predicted molar refractivity (Wildman–Crippen MR) is 109 cm³/mol. The fourth-order valence-electron chi connectivity index (χ4n) is 2.37. The molecule has 28 heavy (non-hydrogen) atoms. The van der Waals surface area contributed by atoms with Crippen molar-refractivity contribution in [2.45, 2.75) is 26.1 Å². The first-order valence-electron chi connectivity index (χ1n) is 8.48. The van der Waals surface area contributed by atoms with Crippen molar-refractivity contribution in [3.63, 3.8) is 0 Å². The van der Waals surface area contributed by atoms with Crippen molar-refractivity contribution in [2.75, 3.05) is 17.2 Å². The van der Waals surface area contributed by atoms with Crippen LogP contribution in [0.4, 0.5) is 15.5 Å². The van der Waals surface area contributed by atoms with E-state index in [0.717, 1.165) is 10.0 Å². The minimum atomic E-state index is -1.23. The first-order valence-corrected chi connectivity index (χ1v) is 9.68. The molecule has 3 rings (SSSR count). The Morgan fingerprint density at radius 3 is 2.61 bits per heavy atom. The van der Waals surface area contributed by atoms with Gasteiger partial charge in [-0.3, -0.25) is 0 Å². The van der Waals surface area contributed by atoms with Gasteiger partial charge in [-0.15, -0.1) is 0 Å². The smallest absolute Gasteiger partial charge is 0.225 e. The van der Waals surface area contributed by atoms with E-state index in [4.69, 9.17) is 16.7 Å². The summed E-state index contributed by atoms with van der Waals surface area (Å²) in [6.07, 6.45) is 0.450. The van der Waals surface area contributed by atoms with Crippen molar-refractivity contribution in [2.24, 2.45) is 0 Å². The monoisotopic (exact) mass is 423 g/mol. The van der Waals surface area contributed by atoms with Gasteiger partial charge in [0, 0.05) is 17.8 Å². The summed E-state index contributed by atoms with van der Waals surface area (Å²) in [6, 6.07) is 5.95. The van der Waals surface area contributed by atoms with Crippen molar-refractivity contribution < 1.29 is 14.6 Å². The summed E-state index contributed by atoms with van der Waals surface area (Å²) in [5, 5.41) is 25.6. The van der Waals surface area contributed by atoms with Crippen LogP contribution in [0.1, 0.15) is 13.8 Å². The van der Waals surface area contributed by atoms with Gasteiger partial charge in [0.2, 0.25) is 5.95 Å². The Bertz CT molecular complexity index is 969. The number of aliphatic hydroxyl groups excluding tert-OH is 2. The normalized spacial score (nSPS) is 12.2. The first kappa shape index (κ1) is 20.4. The van der Waals surface area contributed by atoms with E-state index in [1.807, 2.05) is 13.8 Å². The predicted octanol–water partition coefficient (Wildman–Crippen LogP) is 3.60. The maximum atomic E-state index is 13.4. The number of aliphatic hydroxyl groups is 2. The van der Waals surface area contributed by atoms with E-state index < -0.39 is 18.7 Å². The Labute approximate surface area is 170 Å². The molecule has 0 amide bonds. The van der Waals surface area contributed by atoms with Crippen molar-refractivity contribution in [1.82, 2.24) is 15.0 Å². The van der Waals surface area contributed by atoms with E-state index >= 15 is 0 Å². The number of hydrogen-bond acceptors (Lipinski definition) is 8. The lowest BCUT2D eigenvalue weighted by Gasteiger charge is -2.13. The Morgan fingerprint density at radius 2 is 1.93 bits per heavy atom. The molecule has 4 N–H and O–H groups in total. The molecule has 2 heterocycles. The molecule has 0 fully saturated rings. The topological polar surface area (TPSA) is 103 Å². The Morgan fingerprint density at radius 1 is 1.18 bits per heavy atom. The summed E-state index contributed by atoms with van der Waals surface area (Å²) >= 11 is 7.59. The van der Waals surface area contributed by atoms with Crippen LogP contribution in [0.15, 0.2) is 30.5 Å². The minimum absolute atomic E-state index is 0.0983. The number of aromatic nitrogens is 3. The highest BCUT2D eigenvalue weighted by atomic mass is 35.5. The Balaban J connectivity index is 2.06. The quantitative estimate of drug-likeness (QED) is 0.430. The summed E-state index contributed by atoms with van der Waals surface area (Å²) in [6.45, 7) is 3.51. The molecule has 0 bridgehead atoms. The summed E-state index contributed by atoms with van der Waals surface area (Å²) < 4.78 is 13.4. The van der Waals surface area contributed by atoms with E-state index in [9.17, 15) is 9.50 Å². The van der Waals surface area contributed by atoms with Gasteiger partial charge in [0.25, 0.3) is 0 Å². The van der Waals surface area contributed by atoms with Crippen LogP contribution < -0.4 is 10.6 Å². The zero-order valence-electron chi connectivity index (χ0n) is 15.1. The molecule has 0 radical (unpaired) electrons. The lowest BCUT2D eigenvalue weighted by Crippen LogP contribution is -2.24. The van der Waals surface area contributed by atoms with Gasteiger partial charge in [-0.25, -0.2) is 19.3 Å². The van der Waals surface area contributed by atoms with Crippen molar-refractivity contribution >= 4 is 34.0 Å². The van der Waals surface area contributed by atoms with E-state index in [-0.39, 0.29) is 17.0 Å². The van der Waals surface area contributed by atoms with Crippen LogP contribution in [0.3, 0.4) is 0 Å². The third kappa shape index (κ3) is 4.93. The van der Waals surface area contributed by atoms with Gasteiger partial charge >= 0.3 is 0 Å². The lowest BCUT2D eigenvalue weighted by molar-refractivity contribution is 0.116. The number of anilines is 2. The standard InChI is InChI=1S/C18H19ClFN5O2S/c1-9(2)22-18-21-7-15(28-18)14-6-13(11-4-3-10(20)5-12(11)19)23-17(24-14)25-16(27)8-26/h3-7,9,16,26-27H,8H2,1-2H3,(H,21,22)(H,23,24,25)/t16-/m0/s1. The number of nitrogens with zero attached hydrogens (tertiary/aromatic N) is 3. The van der Waals surface area contributed by atoms with Gasteiger partial charge in [0.05, 0.1) is 27.9 Å². The first-order chi connectivity index (χ1) is 13.4. The van der Waals surface area contributed by atoms with Gasteiger partial charge in [-0.05, 0) is 38.1 Å². The second-order valence-electron chi connectivity index (χ2n) is 6.26. The average molecular weight is 424 g/mol. The fraction of sp³-hybridized carbons (Fsp3) is 0.278. The molecule has 0 aliphatic rings. The van der Waals surface area contributed by atoms with Gasteiger partial charge in [0.1, 0.15) is 12.0 Å². The Kier molecular flexibility index (Phi) is 6.40. The molecule has 2 aromatic heterocycles. The molecule has 10 heteroatoms. The molecule has 0 saturated heterocycles. The van der Waals surface area contributed by atoms with Crippen LogP contribution >= 0.6 is 22.9 Å². The molecular formula is C18H19ClFN5O2S. The summed E-state index contributed by atoms with van der Waals surface area (Å²) in [5.74, 6) is -0.356. The molecule has 3 aromatic rings. The molecule has 0 unspecified atom stereocenters. The van der Waals surface area contributed by atoms with Crippen LogP contribution in [0, 0.1) is 5.82 Å². The zero-order chi connectivity index (χ0) is 20.3. The number of nitrogens with one attached hydrogen (secondary N) is 2. The lowest BCUT2D eigenvalue weighted by atomic mass is 10.1. The van der Waals surface area contributed by atoms with Gasteiger partial charge in [-0.2, -0.15) is 0 Å². The average Bonchev–Trinajstić information content (AvgIpc) is 3.09. The number of halogens is 2. The molecule has 1 atom stereocenters. The highest BCUT2D eigenvalue weighted by Crippen LogP contribution is 2.33. The van der Waals surface area contributed by atoms with Gasteiger partial charge in [-0.1, -0.05) is 22.9 Å². The van der Waals surface area contributed by atoms with Crippen LogP contribution in [0.5, 0.6) is 0 Å². The summed E-state index contributed by atoms with van der Waals surface area (Å²) in [7, 11) is 0. The maximum absolute atomic E-state index is 13.4. The third-order valence-corrected chi connectivity index (χ3v) is 4.84. The van der Waals surface area contributed by atoms with Gasteiger partial charge < -0.3 is 20.8 Å². The maximum Gasteiger partial charge on any atom is 0.225 e. The molecule has 0 aliphatic heterocycles. The number of thiazole rings is 1. The van der Waals surface area contributed by atoms with Crippen LogP contribution in [0.25, 0.3) is 21.8 Å². The molecule has 7 nitrogen and oxygen atoms in total. The summed E-state index contributed by atoms with van der Waals surface area (Å²) in [4.78, 5) is 13.8. The van der Waals surface area contributed by atoms with Crippen LogP contribution in [-0.4, -0.2) is 44.0 Å². The molecule has 0 aliphatic carbocycles. The van der Waals surface area contributed by atoms with Crippen LogP contribution in [-0.2, 0) is 0 Å². The van der Waals surface area contributed by atoms with Crippen molar-refractivity contribution in [3.05, 3.63) is 41.3 Å². The minimum Gasteiger partial charge on any atom is -0.392 e. The van der Waals surface area contributed by atoms with Crippen LogP contribution in [0.2, 0.25) is 5.02 Å². The summed E-state index contributed by atoms with van der Waals surface area (Å²) in [5.41, 5.74) is 1.50. The molecule has 1 aromatic carbocycles. The third-order valence-electron chi connectivity index (χ3n) is 3.57.